The van der Waals surface area contributed by atoms with Crippen LogP contribution in [0.25, 0.3) is 11.5 Å². The third-order valence-corrected chi connectivity index (χ3v) is 5.00. The monoisotopic (exact) mass is 385 g/mol. The number of aromatic nitrogens is 2. The molecule has 1 fully saturated rings. The first-order valence-electron chi connectivity index (χ1n) is 8.63. The zero-order chi connectivity index (χ0) is 18.6. The largest absolute Gasteiger partial charge is 0.486 e. The van der Waals surface area contributed by atoms with Gasteiger partial charge in [0.05, 0.1) is 30.8 Å². The van der Waals surface area contributed by atoms with Crippen LogP contribution in [0.2, 0.25) is 0 Å². The molecule has 1 aliphatic rings. The van der Waals surface area contributed by atoms with Gasteiger partial charge in [-0.25, -0.2) is 0 Å². The summed E-state index contributed by atoms with van der Waals surface area (Å²) in [7, 11) is 1.63. The SMILES string of the molecule is COCCc1noc(-c2ccccc2OC2CN(C(=O)c3ccsc3)C2)n1. The van der Waals surface area contributed by atoms with E-state index in [-0.39, 0.29) is 12.0 Å². The second kappa shape index (κ2) is 7.89. The molecule has 1 aliphatic heterocycles. The number of ether oxygens (including phenoxy) is 2. The van der Waals surface area contributed by atoms with Gasteiger partial charge < -0.3 is 18.9 Å². The highest BCUT2D eigenvalue weighted by atomic mass is 32.1. The standard InChI is InChI=1S/C19H19N3O4S/c1-24-8-6-17-20-18(26-21-17)15-4-2-3-5-16(15)25-14-10-22(11-14)19(23)13-7-9-27-12-13/h2-5,7,9,12,14H,6,8,10-11H2,1H3. The van der Waals surface area contributed by atoms with Crippen molar-refractivity contribution in [2.24, 2.45) is 0 Å². The lowest BCUT2D eigenvalue weighted by atomic mass is 10.1. The van der Waals surface area contributed by atoms with Crippen LogP contribution in [0, 0.1) is 0 Å². The molecule has 0 N–H and O–H groups in total. The van der Waals surface area contributed by atoms with Crippen LogP contribution < -0.4 is 4.74 Å². The van der Waals surface area contributed by atoms with E-state index in [4.69, 9.17) is 14.0 Å². The molecule has 1 saturated heterocycles. The van der Waals surface area contributed by atoms with Crippen molar-refractivity contribution in [1.29, 1.82) is 0 Å². The highest BCUT2D eigenvalue weighted by Gasteiger charge is 2.33. The molecule has 0 radical (unpaired) electrons. The molecule has 0 aliphatic carbocycles. The number of hydrogen-bond donors (Lipinski definition) is 0. The molecular formula is C19H19N3O4S. The topological polar surface area (TPSA) is 77.7 Å². The number of nitrogens with zero attached hydrogens (tertiary/aromatic N) is 3. The van der Waals surface area contributed by atoms with E-state index in [1.807, 2.05) is 41.1 Å². The van der Waals surface area contributed by atoms with E-state index >= 15 is 0 Å². The van der Waals surface area contributed by atoms with Crippen molar-refractivity contribution >= 4 is 17.2 Å². The van der Waals surface area contributed by atoms with Crippen molar-refractivity contribution < 1.29 is 18.8 Å². The number of para-hydroxylation sites is 1. The molecule has 0 saturated carbocycles. The molecule has 27 heavy (non-hydrogen) atoms. The van der Waals surface area contributed by atoms with E-state index in [1.54, 1.807) is 12.0 Å². The quantitative estimate of drug-likeness (QED) is 0.622. The van der Waals surface area contributed by atoms with Crippen LogP contribution in [-0.2, 0) is 11.2 Å². The first-order chi connectivity index (χ1) is 13.2. The third kappa shape index (κ3) is 3.86. The molecule has 0 spiro atoms. The number of carbonyl (C=O) groups is 1. The molecule has 0 unspecified atom stereocenters. The molecule has 1 aromatic carbocycles. The fraction of sp³-hybridized carbons (Fsp3) is 0.316. The van der Waals surface area contributed by atoms with Crippen LogP contribution >= 0.6 is 11.3 Å². The number of amides is 1. The van der Waals surface area contributed by atoms with Crippen LogP contribution in [0.15, 0.2) is 45.6 Å². The van der Waals surface area contributed by atoms with Crippen LogP contribution in [0.1, 0.15) is 16.2 Å². The van der Waals surface area contributed by atoms with Gasteiger partial charge in [0.2, 0.25) is 0 Å². The Balaban J connectivity index is 1.41. The number of benzene rings is 1. The van der Waals surface area contributed by atoms with Crippen molar-refractivity contribution in [3.63, 3.8) is 0 Å². The fourth-order valence-corrected chi connectivity index (χ4v) is 3.46. The fourth-order valence-electron chi connectivity index (χ4n) is 2.83. The van der Waals surface area contributed by atoms with Gasteiger partial charge in [0.25, 0.3) is 11.8 Å². The van der Waals surface area contributed by atoms with E-state index in [0.717, 1.165) is 11.1 Å². The molecule has 8 heteroatoms. The molecule has 7 nitrogen and oxygen atoms in total. The summed E-state index contributed by atoms with van der Waals surface area (Å²) in [4.78, 5) is 18.5. The minimum absolute atomic E-state index is 0.0454. The van der Waals surface area contributed by atoms with E-state index in [0.29, 0.717) is 43.6 Å². The average Bonchev–Trinajstić information content (AvgIpc) is 3.34. The maximum atomic E-state index is 12.3. The molecule has 0 bridgehead atoms. The van der Waals surface area contributed by atoms with Gasteiger partial charge in [-0.1, -0.05) is 17.3 Å². The Bertz CT molecular complexity index is 903. The Morgan fingerprint density at radius 2 is 2.19 bits per heavy atom. The second-order valence-electron chi connectivity index (χ2n) is 6.22. The van der Waals surface area contributed by atoms with E-state index < -0.39 is 0 Å². The van der Waals surface area contributed by atoms with Gasteiger partial charge in [-0.05, 0) is 23.6 Å². The number of thiophene rings is 1. The zero-order valence-corrected chi connectivity index (χ0v) is 15.6. The third-order valence-electron chi connectivity index (χ3n) is 4.31. The summed E-state index contributed by atoms with van der Waals surface area (Å²) in [5.41, 5.74) is 1.48. The molecule has 3 aromatic rings. The number of methoxy groups -OCH3 is 1. The first-order valence-corrected chi connectivity index (χ1v) is 9.58. The van der Waals surface area contributed by atoms with Gasteiger partial charge in [0, 0.05) is 18.9 Å². The number of likely N-dealkylation sites (tertiary alicyclic amines) is 1. The predicted molar refractivity (Wildman–Crippen MR) is 100.0 cm³/mol. The Hall–Kier alpha value is -2.71. The number of hydrogen-bond acceptors (Lipinski definition) is 7. The summed E-state index contributed by atoms with van der Waals surface area (Å²) < 4.78 is 16.5. The van der Waals surface area contributed by atoms with Crippen molar-refractivity contribution in [3.8, 4) is 17.2 Å². The number of carbonyl (C=O) groups excluding carboxylic acids is 1. The van der Waals surface area contributed by atoms with Crippen LogP contribution in [0.5, 0.6) is 5.75 Å². The van der Waals surface area contributed by atoms with Gasteiger partial charge >= 0.3 is 0 Å². The van der Waals surface area contributed by atoms with Crippen LogP contribution in [0.3, 0.4) is 0 Å². The molecular weight excluding hydrogens is 366 g/mol. The maximum Gasteiger partial charge on any atom is 0.261 e. The van der Waals surface area contributed by atoms with Gasteiger partial charge in [-0.2, -0.15) is 16.3 Å². The van der Waals surface area contributed by atoms with Gasteiger partial charge in [0.1, 0.15) is 11.9 Å². The smallest absolute Gasteiger partial charge is 0.261 e. The van der Waals surface area contributed by atoms with E-state index in [1.165, 1.54) is 11.3 Å². The molecule has 3 heterocycles. The van der Waals surface area contributed by atoms with Crippen molar-refractivity contribution in [3.05, 3.63) is 52.5 Å². The Morgan fingerprint density at radius 1 is 1.33 bits per heavy atom. The van der Waals surface area contributed by atoms with Crippen LogP contribution in [0.4, 0.5) is 0 Å². The summed E-state index contributed by atoms with van der Waals surface area (Å²) in [6.45, 7) is 1.66. The lowest BCUT2D eigenvalue weighted by Gasteiger charge is -2.39. The molecule has 140 valence electrons. The maximum absolute atomic E-state index is 12.3. The minimum Gasteiger partial charge on any atom is -0.486 e. The highest BCUT2D eigenvalue weighted by molar-refractivity contribution is 7.08. The summed E-state index contributed by atoms with van der Waals surface area (Å²) in [5, 5.41) is 7.74. The van der Waals surface area contributed by atoms with E-state index in [2.05, 4.69) is 10.1 Å². The minimum atomic E-state index is -0.0513. The zero-order valence-electron chi connectivity index (χ0n) is 14.8. The summed E-state index contributed by atoms with van der Waals surface area (Å²) in [5.74, 6) is 1.73. The van der Waals surface area contributed by atoms with Gasteiger partial charge in [-0.15, -0.1) is 0 Å². The highest BCUT2D eigenvalue weighted by Crippen LogP contribution is 2.31. The molecule has 4 rings (SSSR count). The summed E-state index contributed by atoms with van der Waals surface area (Å²) >= 11 is 1.52. The van der Waals surface area contributed by atoms with Gasteiger partial charge in [0.15, 0.2) is 5.82 Å². The van der Waals surface area contributed by atoms with Crippen LogP contribution in [-0.4, -0.2) is 53.9 Å². The average molecular weight is 385 g/mol. The molecule has 2 aromatic heterocycles. The second-order valence-corrected chi connectivity index (χ2v) is 7.00. The predicted octanol–water partition coefficient (Wildman–Crippen LogP) is 2.89. The molecule has 0 atom stereocenters. The molecule has 1 amide bonds. The Kier molecular flexibility index (Phi) is 5.17. The lowest BCUT2D eigenvalue weighted by molar-refractivity contribution is 0.0180. The van der Waals surface area contributed by atoms with Crippen molar-refractivity contribution in [2.75, 3.05) is 26.8 Å². The Labute approximate surface area is 160 Å². The lowest BCUT2D eigenvalue weighted by Crippen LogP contribution is -2.56. The number of rotatable bonds is 7. The summed E-state index contributed by atoms with van der Waals surface area (Å²) in [6.07, 6.45) is 0.537. The van der Waals surface area contributed by atoms with Crippen molar-refractivity contribution in [1.82, 2.24) is 15.0 Å². The Morgan fingerprint density at radius 3 is 2.96 bits per heavy atom. The van der Waals surface area contributed by atoms with Gasteiger partial charge in [-0.3, -0.25) is 4.79 Å². The summed E-state index contributed by atoms with van der Waals surface area (Å²) in [6, 6.07) is 9.39. The normalized spacial score (nSPS) is 14.2. The van der Waals surface area contributed by atoms with E-state index in [9.17, 15) is 4.79 Å². The van der Waals surface area contributed by atoms with Crippen molar-refractivity contribution in [2.45, 2.75) is 12.5 Å². The first kappa shape index (κ1) is 17.7.